The average molecular weight is 280 g/mol. The SMILES string of the molecule is C=C(C)CCCC1=C(OC)C(OC)(OC)C=C(C)C1=O. The molecule has 0 saturated carbocycles. The number of hydrogen-bond donors (Lipinski definition) is 0. The van der Waals surface area contributed by atoms with Gasteiger partial charge in [-0.3, -0.25) is 4.79 Å². The zero-order chi connectivity index (χ0) is 15.3. The molecule has 0 aromatic carbocycles. The lowest BCUT2D eigenvalue weighted by molar-refractivity contribution is -0.169. The Morgan fingerprint density at radius 3 is 2.35 bits per heavy atom. The number of ketones is 1. The largest absolute Gasteiger partial charge is 0.495 e. The summed E-state index contributed by atoms with van der Waals surface area (Å²) in [5.74, 6) is -0.668. The van der Waals surface area contributed by atoms with Gasteiger partial charge in [-0.1, -0.05) is 5.57 Å². The highest BCUT2D eigenvalue weighted by molar-refractivity contribution is 6.09. The van der Waals surface area contributed by atoms with Gasteiger partial charge in [0.1, 0.15) is 0 Å². The maximum atomic E-state index is 12.4. The molecular weight excluding hydrogens is 256 g/mol. The predicted molar refractivity (Wildman–Crippen MR) is 78.2 cm³/mol. The summed E-state index contributed by atoms with van der Waals surface area (Å²) in [6, 6.07) is 0. The lowest BCUT2D eigenvalue weighted by atomic mass is 9.88. The summed E-state index contributed by atoms with van der Waals surface area (Å²) in [6.07, 6.45) is 4.01. The zero-order valence-electron chi connectivity index (χ0n) is 13.0. The second-order valence-electron chi connectivity index (χ2n) is 5.05. The number of Topliss-reactive ketones (excluding diaryl/α,β-unsaturated/α-hetero) is 1. The van der Waals surface area contributed by atoms with Crippen molar-refractivity contribution in [1.29, 1.82) is 0 Å². The Kier molecular flexibility index (Phi) is 5.72. The molecule has 0 saturated heterocycles. The lowest BCUT2D eigenvalue weighted by Gasteiger charge is -2.34. The second-order valence-corrected chi connectivity index (χ2v) is 5.05. The smallest absolute Gasteiger partial charge is 0.248 e. The average Bonchev–Trinajstić information content (AvgIpc) is 2.42. The first-order chi connectivity index (χ1) is 9.41. The van der Waals surface area contributed by atoms with E-state index < -0.39 is 5.79 Å². The third-order valence-corrected chi connectivity index (χ3v) is 3.47. The van der Waals surface area contributed by atoms with Crippen LogP contribution in [0.1, 0.15) is 33.1 Å². The summed E-state index contributed by atoms with van der Waals surface area (Å²) >= 11 is 0. The van der Waals surface area contributed by atoms with Crippen LogP contribution in [-0.4, -0.2) is 32.9 Å². The number of hydrogen-bond acceptors (Lipinski definition) is 4. The number of rotatable bonds is 7. The molecule has 20 heavy (non-hydrogen) atoms. The minimum absolute atomic E-state index is 0.00621. The quantitative estimate of drug-likeness (QED) is 0.531. The van der Waals surface area contributed by atoms with E-state index in [4.69, 9.17) is 14.2 Å². The van der Waals surface area contributed by atoms with Crippen molar-refractivity contribution in [2.24, 2.45) is 0 Å². The summed E-state index contributed by atoms with van der Waals surface area (Å²) in [4.78, 5) is 12.4. The highest BCUT2D eigenvalue weighted by Gasteiger charge is 2.42. The molecule has 0 fully saturated rings. The van der Waals surface area contributed by atoms with Crippen molar-refractivity contribution in [3.8, 4) is 0 Å². The van der Waals surface area contributed by atoms with Gasteiger partial charge in [0.2, 0.25) is 5.79 Å². The minimum atomic E-state index is -1.11. The van der Waals surface area contributed by atoms with Gasteiger partial charge in [0.05, 0.1) is 7.11 Å². The van der Waals surface area contributed by atoms with E-state index in [9.17, 15) is 4.79 Å². The van der Waals surface area contributed by atoms with Crippen LogP contribution >= 0.6 is 0 Å². The van der Waals surface area contributed by atoms with E-state index in [2.05, 4.69) is 6.58 Å². The van der Waals surface area contributed by atoms with Crippen LogP contribution in [0.25, 0.3) is 0 Å². The molecule has 0 unspecified atom stereocenters. The molecule has 4 heteroatoms. The molecule has 0 aliphatic heterocycles. The predicted octanol–water partition coefficient (Wildman–Crippen LogP) is 3.15. The van der Waals surface area contributed by atoms with Gasteiger partial charge in [-0.05, 0) is 44.8 Å². The van der Waals surface area contributed by atoms with Crippen LogP contribution in [0, 0.1) is 0 Å². The van der Waals surface area contributed by atoms with Crippen molar-refractivity contribution in [2.75, 3.05) is 21.3 Å². The van der Waals surface area contributed by atoms with Crippen LogP contribution < -0.4 is 0 Å². The molecule has 0 atom stereocenters. The van der Waals surface area contributed by atoms with Crippen LogP contribution in [-0.2, 0) is 19.0 Å². The van der Waals surface area contributed by atoms with Crippen LogP contribution in [0.3, 0.4) is 0 Å². The molecule has 112 valence electrons. The Labute approximate surface area is 121 Å². The fourth-order valence-corrected chi connectivity index (χ4v) is 2.41. The third-order valence-electron chi connectivity index (χ3n) is 3.47. The summed E-state index contributed by atoms with van der Waals surface area (Å²) in [6.45, 7) is 7.62. The number of carbonyl (C=O) groups excluding carboxylic acids is 1. The first kappa shape index (κ1) is 16.7. The molecule has 0 N–H and O–H groups in total. The maximum Gasteiger partial charge on any atom is 0.248 e. The van der Waals surface area contributed by atoms with Gasteiger partial charge in [-0.25, -0.2) is 0 Å². The maximum absolute atomic E-state index is 12.4. The van der Waals surface area contributed by atoms with Gasteiger partial charge >= 0.3 is 0 Å². The molecule has 0 spiro atoms. The number of ether oxygens (including phenoxy) is 3. The molecule has 0 radical (unpaired) electrons. The van der Waals surface area contributed by atoms with Crippen molar-refractivity contribution in [3.63, 3.8) is 0 Å². The Balaban J connectivity index is 3.14. The van der Waals surface area contributed by atoms with Gasteiger partial charge in [-0.15, -0.1) is 6.58 Å². The second kappa shape index (κ2) is 6.86. The molecule has 0 amide bonds. The molecule has 0 aromatic heterocycles. The molecule has 0 heterocycles. The van der Waals surface area contributed by atoms with Crippen LogP contribution in [0.2, 0.25) is 0 Å². The van der Waals surface area contributed by atoms with Gasteiger partial charge in [0, 0.05) is 19.8 Å². The standard InChI is InChI=1S/C16H24O4/c1-11(2)8-7-9-13-14(17)12(3)10-16(19-5,20-6)15(13)18-4/h10H,1,7-9H2,2-6H3. The van der Waals surface area contributed by atoms with E-state index in [1.165, 1.54) is 21.3 Å². The van der Waals surface area contributed by atoms with Crippen LogP contribution in [0.5, 0.6) is 0 Å². The summed E-state index contributed by atoms with van der Waals surface area (Å²) < 4.78 is 16.3. The number of carbonyl (C=O) groups is 1. The zero-order valence-corrected chi connectivity index (χ0v) is 13.0. The monoisotopic (exact) mass is 280 g/mol. The van der Waals surface area contributed by atoms with E-state index in [0.29, 0.717) is 23.3 Å². The van der Waals surface area contributed by atoms with Crippen molar-refractivity contribution < 1.29 is 19.0 Å². The Bertz CT molecular complexity index is 453. The van der Waals surface area contributed by atoms with Gasteiger partial charge in [0.25, 0.3) is 0 Å². The van der Waals surface area contributed by atoms with Crippen LogP contribution in [0.15, 0.2) is 35.1 Å². The fraction of sp³-hybridized carbons (Fsp3) is 0.562. The van der Waals surface area contributed by atoms with Crippen molar-refractivity contribution in [3.05, 3.63) is 35.1 Å². The van der Waals surface area contributed by atoms with E-state index in [1.807, 2.05) is 6.92 Å². The van der Waals surface area contributed by atoms with E-state index >= 15 is 0 Å². The summed E-state index contributed by atoms with van der Waals surface area (Å²) in [5.41, 5.74) is 2.34. The van der Waals surface area contributed by atoms with Crippen molar-refractivity contribution in [1.82, 2.24) is 0 Å². The Morgan fingerprint density at radius 1 is 1.30 bits per heavy atom. The number of methoxy groups -OCH3 is 3. The first-order valence-electron chi connectivity index (χ1n) is 6.68. The van der Waals surface area contributed by atoms with Crippen molar-refractivity contribution >= 4 is 5.78 Å². The molecule has 0 aromatic rings. The molecule has 0 bridgehead atoms. The van der Waals surface area contributed by atoms with Gasteiger partial charge in [0.15, 0.2) is 11.5 Å². The Morgan fingerprint density at radius 2 is 1.90 bits per heavy atom. The van der Waals surface area contributed by atoms with E-state index in [1.54, 1.807) is 13.0 Å². The van der Waals surface area contributed by atoms with E-state index in [-0.39, 0.29) is 5.78 Å². The summed E-state index contributed by atoms with van der Waals surface area (Å²) in [7, 11) is 4.60. The molecular formula is C16H24O4. The topological polar surface area (TPSA) is 44.8 Å². The fourth-order valence-electron chi connectivity index (χ4n) is 2.41. The molecule has 1 aliphatic carbocycles. The highest BCUT2D eigenvalue weighted by Crippen LogP contribution is 2.36. The molecule has 4 nitrogen and oxygen atoms in total. The molecule has 1 aliphatic rings. The third kappa shape index (κ3) is 3.19. The van der Waals surface area contributed by atoms with Gasteiger partial charge in [-0.2, -0.15) is 0 Å². The molecule has 1 rings (SSSR count). The normalized spacial score (nSPS) is 18.1. The lowest BCUT2D eigenvalue weighted by Crippen LogP contribution is -2.40. The first-order valence-corrected chi connectivity index (χ1v) is 6.68. The summed E-state index contributed by atoms with van der Waals surface area (Å²) in [5, 5.41) is 0. The van der Waals surface area contributed by atoms with E-state index in [0.717, 1.165) is 18.4 Å². The number of allylic oxidation sites excluding steroid dienone is 3. The highest BCUT2D eigenvalue weighted by atomic mass is 16.7. The minimum Gasteiger partial charge on any atom is -0.495 e. The Hall–Kier alpha value is -1.39. The van der Waals surface area contributed by atoms with Gasteiger partial charge < -0.3 is 14.2 Å². The van der Waals surface area contributed by atoms with Crippen molar-refractivity contribution in [2.45, 2.75) is 38.9 Å². The van der Waals surface area contributed by atoms with Crippen LogP contribution in [0.4, 0.5) is 0 Å².